The summed E-state index contributed by atoms with van der Waals surface area (Å²) in [5.74, 6) is -0.237. The van der Waals surface area contributed by atoms with Gasteiger partial charge in [-0.1, -0.05) is 18.2 Å². The predicted octanol–water partition coefficient (Wildman–Crippen LogP) is 2.19. The molecule has 3 N–H and O–H groups in total. The summed E-state index contributed by atoms with van der Waals surface area (Å²) >= 11 is 0. The van der Waals surface area contributed by atoms with E-state index in [2.05, 4.69) is 20.3 Å². The second-order valence-corrected chi connectivity index (χ2v) is 9.03. The highest BCUT2D eigenvalue weighted by Gasteiger charge is 2.23. The van der Waals surface area contributed by atoms with E-state index in [9.17, 15) is 18.3 Å². The lowest BCUT2D eigenvalue weighted by Crippen LogP contribution is -2.42. The maximum absolute atomic E-state index is 12.7. The molecule has 158 valence electrons. The fraction of sp³-hybridized carbons (Fsp3) is 0.136. The summed E-state index contributed by atoms with van der Waals surface area (Å²) in [5.41, 5.74) is 2.54. The van der Waals surface area contributed by atoms with Gasteiger partial charge >= 0.3 is 0 Å². The van der Waals surface area contributed by atoms with Crippen molar-refractivity contribution in [1.82, 2.24) is 20.3 Å². The highest BCUT2D eigenvalue weighted by molar-refractivity contribution is 7.91. The van der Waals surface area contributed by atoms with Gasteiger partial charge in [-0.3, -0.25) is 9.78 Å². The van der Waals surface area contributed by atoms with Crippen LogP contribution < -0.4 is 5.32 Å². The molecule has 0 radical (unpaired) electrons. The van der Waals surface area contributed by atoms with Crippen molar-refractivity contribution >= 4 is 26.8 Å². The summed E-state index contributed by atoms with van der Waals surface area (Å²) in [6.07, 6.45) is 3.33. The maximum Gasteiger partial charge on any atom is 0.251 e. The second-order valence-electron chi connectivity index (χ2n) is 7.00. The van der Waals surface area contributed by atoms with Crippen LogP contribution in [0.25, 0.3) is 22.4 Å². The number of sulfone groups is 1. The van der Waals surface area contributed by atoms with Crippen LogP contribution in [0, 0.1) is 0 Å². The van der Waals surface area contributed by atoms with Gasteiger partial charge in [0.25, 0.3) is 5.91 Å². The Balaban J connectivity index is 1.52. The lowest BCUT2D eigenvalue weighted by molar-refractivity contribution is 0.0923. The van der Waals surface area contributed by atoms with Gasteiger partial charge in [0.1, 0.15) is 5.82 Å². The van der Waals surface area contributed by atoms with Crippen molar-refractivity contribution in [2.24, 2.45) is 0 Å². The number of benzene rings is 2. The van der Waals surface area contributed by atoms with Crippen LogP contribution in [-0.4, -0.2) is 52.8 Å². The third-order valence-corrected chi connectivity index (χ3v) is 6.61. The lowest BCUT2D eigenvalue weighted by atomic mass is 10.2. The Morgan fingerprint density at radius 3 is 2.52 bits per heavy atom. The molecule has 0 bridgehead atoms. The zero-order valence-corrected chi connectivity index (χ0v) is 17.2. The minimum Gasteiger partial charge on any atom is -0.394 e. The van der Waals surface area contributed by atoms with Crippen LogP contribution in [0.2, 0.25) is 0 Å². The molecule has 8 nitrogen and oxygen atoms in total. The molecule has 4 aromatic rings. The second kappa shape index (κ2) is 8.66. The number of aromatic amines is 1. The van der Waals surface area contributed by atoms with Crippen molar-refractivity contribution in [2.75, 3.05) is 12.4 Å². The van der Waals surface area contributed by atoms with Gasteiger partial charge in [0.05, 0.1) is 34.3 Å². The predicted molar refractivity (Wildman–Crippen MR) is 116 cm³/mol. The number of pyridine rings is 1. The van der Waals surface area contributed by atoms with Gasteiger partial charge in [-0.2, -0.15) is 0 Å². The number of hydrogen-bond acceptors (Lipinski definition) is 6. The number of carbonyl (C=O) groups is 1. The van der Waals surface area contributed by atoms with Crippen LogP contribution in [-0.2, 0) is 9.84 Å². The smallest absolute Gasteiger partial charge is 0.251 e. The molecular formula is C22H20N4O4S. The van der Waals surface area contributed by atoms with E-state index in [0.29, 0.717) is 22.4 Å². The van der Waals surface area contributed by atoms with Crippen molar-refractivity contribution in [2.45, 2.75) is 10.9 Å². The number of aliphatic hydroxyl groups excluding tert-OH is 1. The van der Waals surface area contributed by atoms with Crippen molar-refractivity contribution in [3.05, 3.63) is 78.6 Å². The van der Waals surface area contributed by atoms with Crippen molar-refractivity contribution < 1.29 is 18.3 Å². The van der Waals surface area contributed by atoms with E-state index >= 15 is 0 Å². The topological polar surface area (TPSA) is 125 Å². The summed E-state index contributed by atoms with van der Waals surface area (Å²) in [6, 6.07) is 15.6. The number of amides is 1. The monoisotopic (exact) mass is 436 g/mol. The number of carbonyl (C=O) groups excluding carboxylic acids is 1. The van der Waals surface area contributed by atoms with E-state index in [4.69, 9.17) is 0 Å². The number of nitrogens with one attached hydrogen (secondary N) is 2. The number of hydrogen-bond donors (Lipinski definition) is 3. The van der Waals surface area contributed by atoms with Crippen LogP contribution in [0.3, 0.4) is 0 Å². The van der Waals surface area contributed by atoms with Gasteiger partial charge in [0.2, 0.25) is 0 Å². The Morgan fingerprint density at radius 1 is 1.06 bits per heavy atom. The number of fused-ring (bicyclic) bond motifs is 1. The summed E-state index contributed by atoms with van der Waals surface area (Å²) in [7, 11) is -3.66. The fourth-order valence-corrected chi connectivity index (χ4v) is 4.68. The highest BCUT2D eigenvalue weighted by atomic mass is 32.2. The third kappa shape index (κ3) is 4.62. The standard InChI is InChI=1S/C22H20N4O4S/c27-13-17(14-31(29,30)18-4-2-1-3-5-18)24-22(28)16-6-7-19-20(12-16)26-21(25-19)15-8-10-23-11-9-15/h1-12,17,27H,13-14H2,(H,24,28)(H,25,26)/t17-/m1/s1. The van der Waals surface area contributed by atoms with Crippen LogP contribution in [0.15, 0.2) is 78.0 Å². The first-order valence-corrected chi connectivity index (χ1v) is 11.2. The first-order valence-electron chi connectivity index (χ1n) is 9.56. The quantitative estimate of drug-likeness (QED) is 0.408. The minimum atomic E-state index is -3.66. The molecule has 2 heterocycles. The normalized spacial score (nSPS) is 12.5. The molecule has 0 aliphatic rings. The first kappa shape index (κ1) is 20.7. The molecular weight excluding hydrogens is 416 g/mol. The molecule has 0 fully saturated rings. The van der Waals surface area contributed by atoms with Gasteiger partial charge in [-0.25, -0.2) is 13.4 Å². The van der Waals surface area contributed by atoms with Gasteiger partial charge < -0.3 is 15.4 Å². The van der Waals surface area contributed by atoms with Crippen molar-refractivity contribution in [3.8, 4) is 11.4 Å². The van der Waals surface area contributed by atoms with Crippen LogP contribution >= 0.6 is 0 Å². The maximum atomic E-state index is 12.7. The van der Waals surface area contributed by atoms with Crippen LogP contribution in [0.4, 0.5) is 0 Å². The molecule has 0 aliphatic carbocycles. The number of aromatic nitrogens is 3. The lowest BCUT2D eigenvalue weighted by Gasteiger charge is -2.16. The van der Waals surface area contributed by atoms with E-state index < -0.39 is 34.1 Å². The molecule has 0 saturated carbocycles. The van der Waals surface area contributed by atoms with Crippen LogP contribution in [0.1, 0.15) is 10.4 Å². The average molecular weight is 436 g/mol. The summed E-state index contributed by atoms with van der Waals surface area (Å²) < 4.78 is 25.1. The Kier molecular flexibility index (Phi) is 5.79. The molecule has 0 unspecified atom stereocenters. The van der Waals surface area contributed by atoms with Gasteiger partial charge in [-0.05, 0) is 42.5 Å². The van der Waals surface area contributed by atoms with E-state index in [1.165, 1.54) is 12.1 Å². The van der Waals surface area contributed by atoms with Crippen LogP contribution in [0.5, 0.6) is 0 Å². The number of imidazole rings is 1. The Hall–Kier alpha value is -3.56. The molecule has 1 atom stereocenters. The van der Waals surface area contributed by atoms with Crippen molar-refractivity contribution in [3.63, 3.8) is 0 Å². The molecule has 0 spiro atoms. The summed E-state index contributed by atoms with van der Waals surface area (Å²) in [6.45, 7) is -0.504. The minimum absolute atomic E-state index is 0.144. The van der Waals surface area contributed by atoms with E-state index in [-0.39, 0.29) is 4.90 Å². The first-order chi connectivity index (χ1) is 15.0. The summed E-state index contributed by atoms with van der Waals surface area (Å²) in [4.78, 5) is 24.5. The molecule has 1 amide bonds. The molecule has 31 heavy (non-hydrogen) atoms. The van der Waals surface area contributed by atoms with E-state index in [1.807, 2.05) is 12.1 Å². The molecule has 4 rings (SSSR count). The van der Waals surface area contributed by atoms with Gasteiger partial charge in [-0.15, -0.1) is 0 Å². The number of aliphatic hydroxyl groups is 1. The molecule has 2 aromatic carbocycles. The highest BCUT2D eigenvalue weighted by Crippen LogP contribution is 2.21. The molecule has 2 aromatic heterocycles. The molecule has 0 aliphatic heterocycles. The van der Waals surface area contributed by atoms with E-state index in [0.717, 1.165) is 5.56 Å². The zero-order chi connectivity index (χ0) is 21.8. The fourth-order valence-electron chi connectivity index (χ4n) is 3.20. The van der Waals surface area contributed by atoms with E-state index in [1.54, 1.807) is 48.8 Å². The molecule has 9 heteroatoms. The van der Waals surface area contributed by atoms with Gasteiger partial charge in [0.15, 0.2) is 9.84 Å². The van der Waals surface area contributed by atoms with Crippen molar-refractivity contribution in [1.29, 1.82) is 0 Å². The Morgan fingerprint density at radius 2 is 1.81 bits per heavy atom. The van der Waals surface area contributed by atoms with Gasteiger partial charge in [0, 0.05) is 23.5 Å². The SMILES string of the molecule is O=C(N[C@H](CO)CS(=O)(=O)c1ccccc1)c1ccc2nc(-c3ccncc3)[nH]c2c1. The number of nitrogens with zero attached hydrogens (tertiary/aromatic N) is 2. The third-order valence-electron chi connectivity index (χ3n) is 4.78. The largest absolute Gasteiger partial charge is 0.394 e. The number of H-pyrrole nitrogens is 1. The Bertz CT molecular complexity index is 1310. The summed E-state index contributed by atoms with van der Waals surface area (Å²) in [5, 5.41) is 12.2. The number of rotatable bonds is 7. The zero-order valence-electron chi connectivity index (χ0n) is 16.4. The molecule has 0 saturated heterocycles. The Labute approximate surface area is 178 Å². The average Bonchev–Trinajstić information content (AvgIpc) is 3.23.